The Bertz CT molecular complexity index is 773. The van der Waals surface area contributed by atoms with Crippen LogP contribution in [0.3, 0.4) is 0 Å². The van der Waals surface area contributed by atoms with Crippen molar-refractivity contribution in [2.45, 2.75) is 58.4 Å². The summed E-state index contributed by atoms with van der Waals surface area (Å²) in [7, 11) is 0. The summed E-state index contributed by atoms with van der Waals surface area (Å²) >= 11 is 8.18. The van der Waals surface area contributed by atoms with Crippen molar-refractivity contribution >= 4 is 28.6 Å². The fourth-order valence-electron chi connectivity index (χ4n) is 3.43. The van der Waals surface area contributed by atoms with E-state index in [9.17, 15) is 5.11 Å². The van der Waals surface area contributed by atoms with Crippen LogP contribution >= 0.6 is 23.5 Å². The smallest absolute Gasteiger partial charge is 0.207 e. The average molecular weight is 434 g/mol. The molecule has 2 unspecified atom stereocenters. The van der Waals surface area contributed by atoms with Crippen LogP contribution in [0.2, 0.25) is 0 Å². The highest BCUT2D eigenvalue weighted by Crippen LogP contribution is 2.29. The number of rotatable bonds is 7. The molecule has 158 valence electrons. The maximum absolute atomic E-state index is 9.73. The third-order valence-corrected chi connectivity index (χ3v) is 5.84. The molecule has 0 saturated heterocycles. The SMILES string of the molecule is CC/C1=C(\[C@H](NNSC2=NC(O)=CCC=C2)C(Cl)C=C(C)C)C/C=C\C=C/C1C. The van der Waals surface area contributed by atoms with Crippen LogP contribution in [0.1, 0.15) is 47.0 Å². The molecule has 3 atom stereocenters. The number of nitrogens with zero attached hydrogens (tertiary/aromatic N) is 1. The predicted molar refractivity (Wildman–Crippen MR) is 128 cm³/mol. The molecule has 0 aromatic heterocycles. The van der Waals surface area contributed by atoms with Gasteiger partial charge < -0.3 is 5.11 Å². The highest BCUT2D eigenvalue weighted by atomic mass is 35.5. The maximum atomic E-state index is 9.73. The molecule has 1 aliphatic heterocycles. The van der Waals surface area contributed by atoms with E-state index in [1.165, 1.54) is 28.7 Å². The van der Waals surface area contributed by atoms with E-state index in [1.54, 1.807) is 6.08 Å². The zero-order valence-corrected chi connectivity index (χ0v) is 19.2. The number of aliphatic hydroxyl groups is 1. The minimum atomic E-state index is -0.200. The summed E-state index contributed by atoms with van der Waals surface area (Å²) in [6, 6.07) is -0.0767. The highest BCUT2D eigenvalue weighted by Gasteiger charge is 2.25. The third-order valence-electron chi connectivity index (χ3n) is 4.81. The first-order chi connectivity index (χ1) is 13.9. The number of nitrogens with one attached hydrogen (secondary N) is 2. The largest absolute Gasteiger partial charge is 0.493 e. The third kappa shape index (κ3) is 7.67. The van der Waals surface area contributed by atoms with Crippen molar-refractivity contribution < 1.29 is 5.11 Å². The van der Waals surface area contributed by atoms with Crippen LogP contribution in [-0.4, -0.2) is 21.6 Å². The van der Waals surface area contributed by atoms with Crippen LogP contribution in [0, 0.1) is 5.92 Å². The summed E-state index contributed by atoms with van der Waals surface area (Å²) < 4.78 is 0. The van der Waals surface area contributed by atoms with Gasteiger partial charge in [-0.15, -0.1) is 11.6 Å². The zero-order chi connectivity index (χ0) is 21.2. The molecule has 4 nitrogen and oxygen atoms in total. The van der Waals surface area contributed by atoms with Crippen molar-refractivity contribution in [2.75, 3.05) is 0 Å². The molecule has 6 heteroatoms. The first-order valence-corrected chi connectivity index (χ1v) is 11.3. The monoisotopic (exact) mass is 433 g/mol. The first kappa shape index (κ1) is 23.7. The zero-order valence-electron chi connectivity index (χ0n) is 17.7. The first-order valence-electron chi connectivity index (χ1n) is 10.1. The van der Waals surface area contributed by atoms with Crippen molar-refractivity contribution in [3.05, 3.63) is 71.2 Å². The Hall–Kier alpha value is -1.53. The van der Waals surface area contributed by atoms with Gasteiger partial charge in [0, 0.05) is 0 Å². The molecule has 0 aromatic carbocycles. The summed E-state index contributed by atoms with van der Waals surface area (Å²) in [4.78, 5) is 7.39. The molecule has 3 N–H and O–H groups in total. The molecule has 29 heavy (non-hydrogen) atoms. The Morgan fingerprint density at radius 3 is 2.90 bits per heavy atom. The number of hydrazine groups is 1. The van der Waals surface area contributed by atoms with Crippen molar-refractivity contribution in [3.8, 4) is 0 Å². The molecule has 1 heterocycles. The molecule has 0 bridgehead atoms. The Morgan fingerprint density at radius 2 is 2.17 bits per heavy atom. The van der Waals surface area contributed by atoms with Gasteiger partial charge in [0.2, 0.25) is 5.88 Å². The van der Waals surface area contributed by atoms with Gasteiger partial charge >= 0.3 is 0 Å². The summed E-state index contributed by atoms with van der Waals surface area (Å²) in [5.74, 6) is 0.404. The molecule has 0 aromatic rings. The van der Waals surface area contributed by atoms with Gasteiger partial charge in [-0.3, -0.25) is 0 Å². The molecular formula is C23H32ClN3OS. The molecule has 2 aliphatic rings. The second-order valence-corrected chi connectivity index (χ2v) is 8.71. The molecular weight excluding hydrogens is 402 g/mol. The number of hydrogen-bond donors (Lipinski definition) is 3. The average Bonchev–Trinajstić information content (AvgIpc) is 2.86. The van der Waals surface area contributed by atoms with E-state index in [1.807, 2.05) is 12.2 Å². The molecule has 0 fully saturated rings. The minimum Gasteiger partial charge on any atom is -0.493 e. The van der Waals surface area contributed by atoms with Gasteiger partial charge in [0.25, 0.3) is 0 Å². The highest BCUT2D eigenvalue weighted by molar-refractivity contribution is 8.12. The van der Waals surface area contributed by atoms with E-state index < -0.39 is 0 Å². The second kappa shape index (κ2) is 12.2. The van der Waals surface area contributed by atoms with Gasteiger partial charge in [0.15, 0.2) is 0 Å². The van der Waals surface area contributed by atoms with Crippen molar-refractivity contribution in [2.24, 2.45) is 10.9 Å². The van der Waals surface area contributed by atoms with E-state index in [0.29, 0.717) is 17.4 Å². The number of aliphatic imine (C=N–C) groups is 1. The molecule has 2 rings (SSSR count). The van der Waals surface area contributed by atoms with E-state index in [4.69, 9.17) is 11.6 Å². The lowest BCUT2D eigenvalue weighted by Gasteiger charge is -2.29. The lowest BCUT2D eigenvalue weighted by Crippen LogP contribution is -2.44. The summed E-state index contributed by atoms with van der Waals surface area (Å²) in [5, 5.41) is 10.2. The molecule has 0 spiro atoms. The van der Waals surface area contributed by atoms with E-state index in [-0.39, 0.29) is 17.3 Å². The van der Waals surface area contributed by atoms with Crippen molar-refractivity contribution in [1.82, 2.24) is 10.3 Å². The van der Waals surface area contributed by atoms with Crippen molar-refractivity contribution in [3.63, 3.8) is 0 Å². The van der Waals surface area contributed by atoms with E-state index >= 15 is 0 Å². The Labute approximate surface area is 184 Å². The van der Waals surface area contributed by atoms with E-state index in [2.05, 4.69) is 73.3 Å². The number of allylic oxidation sites excluding steroid dienone is 8. The van der Waals surface area contributed by atoms with Crippen LogP contribution < -0.4 is 10.3 Å². The van der Waals surface area contributed by atoms with Gasteiger partial charge in [-0.05, 0) is 68.7 Å². The summed E-state index contributed by atoms with van der Waals surface area (Å²) in [5.41, 5.74) is 7.32. The lowest BCUT2D eigenvalue weighted by atomic mass is 9.85. The van der Waals surface area contributed by atoms with Crippen molar-refractivity contribution in [1.29, 1.82) is 0 Å². The van der Waals surface area contributed by atoms with Gasteiger partial charge in [-0.25, -0.2) is 10.4 Å². The van der Waals surface area contributed by atoms with E-state index in [0.717, 1.165) is 12.8 Å². The quantitative estimate of drug-likeness (QED) is 0.191. The van der Waals surface area contributed by atoms with Gasteiger partial charge in [0.05, 0.1) is 11.4 Å². The van der Waals surface area contributed by atoms with Gasteiger partial charge in [-0.2, -0.15) is 4.83 Å². The second-order valence-electron chi connectivity index (χ2n) is 7.37. The van der Waals surface area contributed by atoms with Crippen LogP contribution in [0.5, 0.6) is 0 Å². The number of halogens is 1. The minimum absolute atomic E-state index is 0.0392. The summed E-state index contributed by atoms with van der Waals surface area (Å²) in [6.07, 6.45) is 18.8. The fourth-order valence-corrected chi connectivity index (χ4v) is 4.49. The number of aliphatic hydroxyl groups excluding tert-OH is 1. The molecule has 0 amide bonds. The Morgan fingerprint density at radius 1 is 1.38 bits per heavy atom. The lowest BCUT2D eigenvalue weighted by molar-refractivity contribution is 0.405. The predicted octanol–water partition coefficient (Wildman–Crippen LogP) is 6.29. The summed E-state index contributed by atoms with van der Waals surface area (Å²) in [6.45, 7) is 8.56. The number of hydrogen-bond acceptors (Lipinski definition) is 5. The fraction of sp³-hybridized carbons (Fsp3) is 0.435. The van der Waals surface area contributed by atoms with Crippen LogP contribution in [0.25, 0.3) is 0 Å². The maximum Gasteiger partial charge on any atom is 0.207 e. The number of alkyl halides is 1. The molecule has 0 saturated carbocycles. The Balaban J connectivity index is 2.25. The molecule has 0 radical (unpaired) electrons. The normalized spacial score (nSPS) is 26.3. The van der Waals surface area contributed by atoms with Crippen LogP contribution in [0.15, 0.2) is 76.2 Å². The van der Waals surface area contributed by atoms with Crippen LogP contribution in [0.4, 0.5) is 0 Å². The topological polar surface area (TPSA) is 56.7 Å². The standard InChI is InChI=1S/C23H32ClN3OS/c1-5-18-17(4)11-7-6-8-12-19(18)23(20(24)15-16(2)3)26-27-29-22-14-10-9-13-21(28)25-22/h6-8,10-11,13-15,17,20,23,26-28H,5,9,12H2,1-4H3/b8-6-,11-7-,19-18+/t17?,20?,23-/m0/s1. The Kier molecular flexibility index (Phi) is 10.0. The van der Waals surface area contributed by atoms with Gasteiger partial charge in [0.1, 0.15) is 5.04 Å². The van der Waals surface area contributed by atoms with Crippen LogP contribution in [-0.2, 0) is 0 Å². The van der Waals surface area contributed by atoms with Gasteiger partial charge in [-0.1, -0.05) is 61.4 Å². The molecule has 1 aliphatic carbocycles.